The third-order valence-electron chi connectivity index (χ3n) is 5.76. The van der Waals surface area contributed by atoms with Crippen molar-refractivity contribution in [1.29, 1.82) is 0 Å². The van der Waals surface area contributed by atoms with Gasteiger partial charge in [-0.05, 0) is 43.4 Å². The second-order valence-corrected chi connectivity index (χ2v) is 7.37. The summed E-state index contributed by atoms with van der Waals surface area (Å²) < 4.78 is 38.6. The van der Waals surface area contributed by atoms with Crippen molar-refractivity contribution in [3.8, 4) is 0 Å². The number of hydrogen-bond acceptors (Lipinski definition) is 3. The first-order valence-corrected chi connectivity index (χ1v) is 9.09. The number of alkyl halides is 3. The lowest BCUT2D eigenvalue weighted by Gasteiger charge is -2.48. The molecule has 6 heteroatoms. The topological polar surface area (TPSA) is 44.5 Å². The van der Waals surface area contributed by atoms with Crippen LogP contribution in [0, 0.1) is 0 Å². The Balaban J connectivity index is 1.76. The minimum Gasteiger partial charge on any atom is -0.293 e. The molecule has 1 aromatic rings. The highest BCUT2D eigenvalue weighted by atomic mass is 19.4. The van der Waals surface area contributed by atoms with E-state index < -0.39 is 23.1 Å². The zero-order valence-corrected chi connectivity index (χ0v) is 14.4. The van der Waals surface area contributed by atoms with E-state index in [2.05, 4.69) is 0 Å². The maximum atomic E-state index is 12.9. The third kappa shape index (κ3) is 2.80. The molecule has 0 bridgehead atoms. The van der Waals surface area contributed by atoms with E-state index in [9.17, 15) is 13.2 Å². The molecule has 1 aliphatic heterocycles. The zero-order chi connectivity index (χ0) is 18.4. The Morgan fingerprint density at radius 1 is 0.962 bits per heavy atom. The van der Waals surface area contributed by atoms with Crippen molar-refractivity contribution >= 4 is 0 Å². The van der Waals surface area contributed by atoms with E-state index in [4.69, 9.17) is 15.5 Å². The molecule has 4 rings (SSSR count). The third-order valence-corrected chi connectivity index (χ3v) is 5.76. The summed E-state index contributed by atoms with van der Waals surface area (Å²) in [7, 11) is 0. The van der Waals surface area contributed by atoms with E-state index in [0.717, 1.165) is 61.8 Å². The van der Waals surface area contributed by atoms with Gasteiger partial charge in [0.1, 0.15) is 5.60 Å². The van der Waals surface area contributed by atoms with Crippen molar-refractivity contribution < 1.29 is 22.9 Å². The molecule has 0 amide bonds. The molecule has 1 atom stereocenters. The highest BCUT2D eigenvalue weighted by Crippen LogP contribution is 2.50. The molecule has 26 heavy (non-hydrogen) atoms. The summed E-state index contributed by atoms with van der Waals surface area (Å²) in [6, 6.07) is 4.81. The van der Waals surface area contributed by atoms with Crippen LogP contribution in [0.1, 0.15) is 56.1 Å². The molecule has 0 aromatic heterocycles. The molecular formula is C20H22F3NO2. The summed E-state index contributed by atoms with van der Waals surface area (Å²) in [5.74, 6) is 0. The fourth-order valence-electron chi connectivity index (χ4n) is 4.34. The number of halogens is 3. The van der Waals surface area contributed by atoms with E-state index in [1.54, 1.807) is 0 Å². The van der Waals surface area contributed by atoms with Crippen molar-refractivity contribution in [2.75, 3.05) is 0 Å². The largest absolute Gasteiger partial charge is 0.416 e. The van der Waals surface area contributed by atoms with Gasteiger partial charge in [-0.1, -0.05) is 43.5 Å². The molecule has 3 aliphatic rings. The molecule has 2 N–H and O–H groups in total. The summed E-state index contributed by atoms with van der Waals surface area (Å²) in [6.07, 6.45) is 6.46. The fourth-order valence-corrected chi connectivity index (χ4v) is 4.34. The number of hydrogen-bond donors (Lipinski definition) is 1. The average molecular weight is 365 g/mol. The Morgan fingerprint density at radius 3 is 2.31 bits per heavy atom. The van der Waals surface area contributed by atoms with Crippen LogP contribution in [-0.2, 0) is 21.7 Å². The van der Waals surface area contributed by atoms with Crippen molar-refractivity contribution in [2.24, 2.45) is 5.73 Å². The lowest BCUT2D eigenvalue weighted by atomic mass is 9.71. The molecule has 1 heterocycles. The number of fused-ring (bicyclic) bond motifs is 1. The Kier molecular flexibility index (Phi) is 4.25. The van der Waals surface area contributed by atoms with E-state index in [-0.39, 0.29) is 0 Å². The molecule has 140 valence electrons. The summed E-state index contributed by atoms with van der Waals surface area (Å²) in [4.78, 5) is 11.6. The second kappa shape index (κ2) is 6.22. The highest BCUT2D eigenvalue weighted by Gasteiger charge is 2.50. The van der Waals surface area contributed by atoms with Crippen LogP contribution < -0.4 is 5.73 Å². The summed E-state index contributed by atoms with van der Waals surface area (Å²) in [6.45, 7) is 0. The van der Waals surface area contributed by atoms with E-state index in [1.165, 1.54) is 18.6 Å². The fraction of sp³-hybridized carbons (Fsp3) is 0.500. The first kappa shape index (κ1) is 17.8. The predicted octanol–water partition coefficient (Wildman–Crippen LogP) is 5.13. The minimum absolute atomic E-state index is 0.437. The predicted molar refractivity (Wildman–Crippen MR) is 90.7 cm³/mol. The summed E-state index contributed by atoms with van der Waals surface area (Å²) in [5, 5.41) is 0. The standard InChI is InChI=1S/C20H22F3NO2/c21-20(22,23)15-10-8-14(9-11-15)19(24)17-7-3-2-6-16(17)18(25-26-19)12-4-1-5-13-18/h3,7-11H,1-2,4-6,12-13,24H2. The molecule has 1 fully saturated rings. The van der Waals surface area contributed by atoms with E-state index in [0.29, 0.717) is 5.56 Å². The summed E-state index contributed by atoms with van der Waals surface area (Å²) in [5.41, 5.74) is 6.44. The SMILES string of the molecule is NC1(c2ccc(C(F)(F)F)cc2)OOC2(CCCCC2)C2=C1C=CCC2. The summed E-state index contributed by atoms with van der Waals surface area (Å²) >= 11 is 0. The van der Waals surface area contributed by atoms with Gasteiger partial charge in [0.2, 0.25) is 5.72 Å². The molecule has 1 aromatic carbocycles. The van der Waals surface area contributed by atoms with Gasteiger partial charge in [-0.15, -0.1) is 0 Å². The molecule has 0 saturated heterocycles. The molecule has 2 aliphatic carbocycles. The van der Waals surface area contributed by atoms with Crippen LogP contribution in [0.4, 0.5) is 13.2 Å². The monoisotopic (exact) mass is 365 g/mol. The Labute approximate surface area is 150 Å². The van der Waals surface area contributed by atoms with Crippen LogP contribution in [0.3, 0.4) is 0 Å². The normalized spacial score (nSPS) is 28.3. The van der Waals surface area contributed by atoms with Gasteiger partial charge in [-0.3, -0.25) is 5.73 Å². The maximum Gasteiger partial charge on any atom is 0.416 e. The van der Waals surface area contributed by atoms with Gasteiger partial charge in [0.15, 0.2) is 0 Å². The lowest BCUT2D eigenvalue weighted by Crippen LogP contribution is -2.53. The molecule has 0 radical (unpaired) electrons. The maximum absolute atomic E-state index is 12.9. The van der Waals surface area contributed by atoms with Crippen molar-refractivity contribution in [3.63, 3.8) is 0 Å². The second-order valence-electron chi connectivity index (χ2n) is 7.37. The van der Waals surface area contributed by atoms with Gasteiger partial charge in [0.25, 0.3) is 0 Å². The van der Waals surface area contributed by atoms with Crippen LogP contribution in [0.25, 0.3) is 0 Å². The van der Waals surface area contributed by atoms with Crippen molar-refractivity contribution in [2.45, 2.75) is 62.4 Å². The minimum atomic E-state index is -4.38. The van der Waals surface area contributed by atoms with E-state index >= 15 is 0 Å². The lowest BCUT2D eigenvalue weighted by molar-refractivity contribution is -0.416. The first-order valence-electron chi connectivity index (χ1n) is 9.09. The van der Waals surface area contributed by atoms with Crippen molar-refractivity contribution in [3.05, 3.63) is 58.7 Å². The molecule has 1 saturated carbocycles. The van der Waals surface area contributed by atoms with Gasteiger partial charge >= 0.3 is 6.18 Å². The number of rotatable bonds is 1. The number of benzene rings is 1. The Morgan fingerprint density at radius 2 is 1.65 bits per heavy atom. The number of nitrogens with two attached hydrogens (primary N) is 1. The van der Waals surface area contributed by atoms with Crippen LogP contribution in [-0.4, -0.2) is 5.60 Å². The van der Waals surface area contributed by atoms with Crippen LogP contribution in [0.2, 0.25) is 0 Å². The van der Waals surface area contributed by atoms with E-state index in [1.807, 2.05) is 12.2 Å². The van der Waals surface area contributed by atoms with Gasteiger partial charge in [0, 0.05) is 11.1 Å². The number of allylic oxidation sites excluding steroid dienone is 1. The highest BCUT2D eigenvalue weighted by molar-refractivity contribution is 5.47. The van der Waals surface area contributed by atoms with Gasteiger partial charge < -0.3 is 0 Å². The van der Waals surface area contributed by atoms with Crippen molar-refractivity contribution in [1.82, 2.24) is 0 Å². The molecular weight excluding hydrogens is 343 g/mol. The first-order chi connectivity index (χ1) is 12.4. The zero-order valence-electron chi connectivity index (χ0n) is 14.4. The van der Waals surface area contributed by atoms with Gasteiger partial charge in [-0.2, -0.15) is 13.2 Å². The smallest absolute Gasteiger partial charge is 0.293 e. The average Bonchev–Trinajstić information content (AvgIpc) is 2.66. The molecule has 1 spiro atoms. The quantitative estimate of drug-likeness (QED) is 0.702. The van der Waals surface area contributed by atoms with Crippen LogP contribution in [0.5, 0.6) is 0 Å². The molecule has 3 nitrogen and oxygen atoms in total. The Hall–Kier alpha value is -1.63. The van der Waals surface area contributed by atoms with Gasteiger partial charge in [-0.25, -0.2) is 9.78 Å². The van der Waals surface area contributed by atoms with Crippen LogP contribution >= 0.6 is 0 Å². The van der Waals surface area contributed by atoms with Crippen LogP contribution in [0.15, 0.2) is 47.6 Å². The molecule has 1 unspecified atom stereocenters. The Bertz CT molecular complexity index is 745. The van der Waals surface area contributed by atoms with Gasteiger partial charge in [0.05, 0.1) is 5.56 Å².